The van der Waals surface area contributed by atoms with Gasteiger partial charge < -0.3 is 0 Å². The van der Waals surface area contributed by atoms with Crippen LogP contribution < -0.4 is 11.1 Å². The fraction of sp³-hybridized carbons (Fsp3) is 0. The molecule has 21 heavy (non-hydrogen) atoms. The Hall–Kier alpha value is -2.43. The fourth-order valence-corrected chi connectivity index (χ4v) is 3.01. The summed E-state index contributed by atoms with van der Waals surface area (Å²) in [5.74, 6) is -0.199. The van der Waals surface area contributed by atoms with Gasteiger partial charge in [0.15, 0.2) is 0 Å². The van der Waals surface area contributed by atoms with Crippen molar-refractivity contribution in [1.29, 1.82) is 0 Å². The van der Waals surface area contributed by atoms with E-state index in [1.807, 2.05) is 30.3 Å². The molecule has 0 spiro atoms. The van der Waals surface area contributed by atoms with E-state index in [0.717, 1.165) is 16.9 Å². The Morgan fingerprint density at radius 3 is 2.76 bits per heavy atom. The van der Waals surface area contributed by atoms with E-state index in [0.29, 0.717) is 11.4 Å². The van der Waals surface area contributed by atoms with Crippen LogP contribution in [0.2, 0.25) is 0 Å². The molecule has 0 radical (unpaired) electrons. The van der Waals surface area contributed by atoms with Crippen molar-refractivity contribution in [2.24, 2.45) is 7.92 Å². The van der Waals surface area contributed by atoms with Crippen LogP contribution in [-0.2, 0) is 4.79 Å². The molecular formula is C15H12N4OSe. The number of benzene rings is 2. The predicted octanol–water partition coefficient (Wildman–Crippen LogP) is 3.27. The van der Waals surface area contributed by atoms with Gasteiger partial charge in [-0.3, -0.25) is 0 Å². The van der Waals surface area contributed by atoms with E-state index >= 15 is 0 Å². The molecule has 5 nitrogen and oxygen atoms in total. The first kappa shape index (κ1) is 13.5. The monoisotopic (exact) mass is 344 g/mol. The predicted molar refractivity (Wildman–Crippen MR) is 84.9 cm³/mol. The zero-order chi connectivity index (χ0) is 14.7. The Balaban J connectivity index is 1.71. The number of anilines is 2. The number of carbonyl (C=O) groups excluding carboxylic acids is 1. The van der Waals surface area contributed by atoms with Crippen molar-refractivity contribution in [3.8, 4) is 0 Å². The molecule has 6 heteroatoms. The standard InChI is InChI=1S/C15H12N4OSe/c16-11-7-4-10(5-8-11)6-9-14(20)17-12-2-1-3-13-15(12)19-21-18-13/h1-9H,16H2,(H,17,20)/b9-6+. The van der Waals surface area contributed by atoms with Gasteiger partial charge in [0.2, 0.25) is 0 Å². The molecule has 1 aliphatic rings. The first-order chi connectivity index (χ1) is 10.2. The second-order valence-corrected chi connectivity index (χ2v) is 5.54. The molecule has 0 aliphatic carbocycles. The molecule has 0 saturated carbocycles. The van der Waals surface area contributed by atoms with Crippen molar-refractivity contribution in [2.75, 3.05) is 11.1 Å². The summed E-state index contributed by atoms with van der Waals surface area (Å²) in [5.41, 5.74) is 9.54. The molecule has 104 valence electrons. The first-order valence-electron chi connectivity index (χ1n) is 6.28. The third-order valence-electron chi connectivity index (χ3n) is 2.91. The number of amides is 1. The van der Waals surface area contributed by atoms with Crippen LogP contribution in [0.5, 0.6) is 0 Å². The van der Waals surface area contributed by atoms with Crippen molar-refractivity contribution >= 4 is 49.3 Å². The average Bonchev–Trinajstić information content (AvgIpc) is 2.96. The van der Waals surface area contributed by atoms with Crippen LogP contribution in [0.25, 0.3) is 6.08 Å². The normalized spacial score (nSPS) is 12.2. The van der Waals surface area contributed by atoms with Gasteiger partial charge in [-0.25, -0.2) is 0 Å². The van der Waals surface area contributed by atoms with E-state index in [2.05, 4.69) is 13.2 Å². The summed E-state index contributed by atoms with van der Waals surface area (Å²) in [4.78, 5) is 12.0. The summed E-state index contributed by atoms with van der Waals surface area (Å²) in [6.07, 6.45) is 3.23. The third kappa shape index (κ3) is 3.18. The number of carbonyl (C=O) groups is 1. The fourth-order valence-electron chi connectivity index (χ4n) is 1.86. The molecule has 3 N–H and O–H groups in total. The number of hydrogen-bond acceptors (Lipinski definition) is 4. The summed E-state index contributed by atoms with van der Waals surface area (Å²) in [6.45, 7) is 0. The average molecular weight is 343 g/mol. The minimum absolute atomic E-state index is 0.108. The van der Waals surface area contributed by atoms with Crippen molar-refractivity contribution in [3.63, 3.8) is 0 Å². The molecule has 3 rings (SSSR count). The molecule has 0 aromatic heterocycles. The van der Waals surface area contributed by atoms with Crippen molar-refractivity contribution in [3.05, 3.63) is 54.1 Å². The number of nitrogens with two attached hydrogens (primary N) is 1. The van der Waals surface area contributed by atoms with Crippen LogP contribution in [0.1, 0.15) is 5.56 Å². The van der Waals surface area contributed by atoms with E-state index in [-0.39, 0.29) is 20.5 Å². The van der Waals surface area contributed by atoms with Crippen LogP contribution >= 0.6 is 0 Å². The van der Waals surface area contributed by atoms with Gasteiger partial charge >= 0.3 is 127 Å². The first-order valence-corrected chi connectivity index (χ1v) is 7.81. The number of nitrogens with zero attached hydrogens (tertiary/aromatic N) is 2. The number of hydrogen-bond donors (Lipinski definition) is 2. The van der Waals surface area contributed by atoms with Gasteiger partial charge in [-0.2, -0.15) is 0 Å². The Bertz CT molecular complexity index is 790. The van der Waals surface area contributed by atoms with Gasteiger partial charge in [0.05, 0.1) is 0 Å². The van der Waals surface area contributed by atoms with E-state index in [4.69, 9.17) is 5.73 Å². The second kappa shape index (κ2) is 5.91. The maximum atomic E-state index is 12.0. The molecule has 1 amide bonds. The second-order valence-electron chi connectivity index (χ2n) is 4.43. The number of rotatable bonds is 3. The van der Waals surface area contributed by atoms with Gasteiger partial charge in [-0.15, -0.1) is 0 Å². The topological polar surface area (TPSA) is 79.8 Å². The van der Waals surface area contributed by atoms with Crippen LogP contribution in [0.4, 0.5) is 22.7 Å². The minimum atomic E-state index is -0.199. The number of nitrogen functional groups attached to an aromatic ring is 1. The maximum absolute atomic E-state index is 12.0. The molecule has 2 aromatic rings. The van der Waals surface area contributed by atoms with Crippen LogP contribution in [0.3, 0.4) is 0 Å². The van der Waals surface area contributed by atoms with Gasteiger partial charge in [0.25, 0.3) is 0 Å². The van der Waals surface area contributed by atoms with E-state index in [1.165, 1.54) is 6.08 Å². The molecule has 0 unspecified atom stereocenters. The molecule has 0 bridgehead atoms. The SMILES string of the molecule is Nc1ccc(/C=C/C(=O)Nc2cccc3c2N=[Se]=N3)cc1. The molecule has 2 aromatic carbocycles. The Morgan fingerprint density at radius 1 is 1.14 bits per heavy atom. The Morgan fingerprint density at radius 2 is 1.95 bits per heavy atom. The zero-order valence-corrected chi connectivity index (χ0v) is 12.7. The summed E-state index contributed by atoms with van der Waals surface area (Å²) in [6, 6.07) is 12.9. The van der Waals surface area contributed by atoms with Gasteiger partial charge in [-0.1, -0.05) is 0 Å². The van der Waals surface area contributed by atoms with E-state index in [9.17, 15) is 4.79 Å². The molecule has 0 atom stereocenters. The zero-order valence-electron chi connectivity index (χ0n) is 11.0. The summed E-state index contributed by atoms with van der Waals surface area (Å²) < 4.78 is 8.61. The Labute approximate surface area is 127 Å². The summed E-state index contributed by atoms with van der Waals surface area (Å²) in [5, 5.41) is 2.83. The quantitative estimate of drug-likeness (QED) is 0.435. The number of fused-ring (bicyclic) bond motifs is 1. The summed E-state index contributed by atoms with van der Waals surface area (Å²) in [7, 11) is 0. The van der Waals surface area contributed by atoms with Gasteiger partial charge in [-0.05, 0) is 0 Å². The molecular weight excluding hydrogens is 331 g/mol. The van der Waals surface area contributed by atoms with Crippen molar-refractivity contribution in [2.45, 2.75) is 0 Å². The third-order valence-corrected chi connectivity index (χ3v) is 4.05. The Kier molecular flexibility index (Phi) is 3.81. The van der Waals surface area contributed by atoms with Crippen molar-refractivity contribution < 1.29 is 4.79 Å². The van der Waals surface area contributed by atoms with Crippen LogP contribution in [-0.4, -0.2) is 20.5 Å². The van der Waals surface area contributed by atoms with Gasteiger partial charge in [0.1, 0.15) is 0 Å². The van der Waals surface area contributed by atoms with Crippen molar-refractivity contribution in [1.82, 2.24) is 0 Å². The number of nitrogens with one attached hydrogen (secondary N) is 1. The van der Waals surface area contributed by atoms with E-state index < -0.39 is 0 Å². The van der Waals surface area contributed by atoms with Gasteiger partial charge in [0, 0.05) is 0 Å². The molecule has 0 fully saturated rings. The molecule has 0 saturated heterocycles. The molecule has 1 aliphatic heterocycles. The molecule has 1 heterocycles. The van der Waals surface area contributed by atoms with Crippen LogP contribution in [0, 0.1) is 0 Å². The van der Waals surface area contributed by atoms with E-state index in [1.54, 1.807) is 18.2 Å². The van der Waals surface area contributed by atoms with Crippen LogP contribution in [0.15, 0.2) is 56.5 Å². The summed E-state index contributed by atoms with van der Waals surface area (Å²) >= 11 is -0.108.